The Kier molecular flexibility index (Phi) is 8.88. The van der Waals surface area contributed by atoms with Crippen LogP contribution in [0.4, 0.5) is 5.69 Å². The zero-order chi connectivity index (χ0) is 24.5. The Morgan fingerprint density at radius 1 is 1.18 bits per heavy atom. The van der Waals surface area contributed by atoms with Gasteiger partial charge in [0, 0.05) is 31.9 Å². The van der Waals surface area contributed by atoms with E-state index in [0.717, 1.165) is 11.3 Å². The van der Waals surface area contributed by atoms with Crippen molar-refractivity contribution >= 4 is 39.6 Å². The number of carbonyl (C=O) groups is 2. The van der Waals surface area contributed by atoms with Crippen LogP contribution in [-0.4, -0.2) is 56.7 Å². The summed E-state index contributed by atoms with van der Waals surface area (Å²) in [5, 5.41) is 9.71. The highest BCUT2D eigenvalue weighted by molar-refractivity contribution is 9.10. The Hall–Kier alpha value is -3.57. The zero-order valence-electron chi connectivity index (χ0n) is 19.0. The summed E-state index contributed by atoms with van der Waals surface area (Å²) in [6, 6.07) is 15.7. The molecule has 0 radical (unpaired) electrons. The minimum Gasteiger partial charge on any atom is -0.480 e. The van der Waals surface area contributed by atoms with Gasteiger partial charge in [-0.05, 0) is 63.8 Å². The largest absolute Gasteiger partial charge is 0.480 e. The Balaban J connectivity index is 1.76. The number of piperazine rings is 1. The molecule has 1 amide bonds. The molecule has 2 aromatic carbocycles. The molecule has 1 aliphatic heterocycles. The fraction of sp³-hybridized carbons (Fsp3) is 0.269. The van der Waals surface area contributed by atoms with Crippen molar-refractivity contribution in [2.24, 2.45) is 0 Å². The van der Waals surface area contributed by atoms with E-state index in [1.807, 2.05) is 24.3 Å². The van der Waals surface area contributed by atoms with Gasteiger partial charge in [-0.25, -0.2) is 4.79 Å². The number of nitrogens with zero attached hydrogens (tertiary/aromatic N) is 3. The standard InChI is InChI=1S/C26H26BrN3O4/c1-3-7-20-14-19(16-23(27)25(20)34-18-24(31)33-2)15-21(17-28)26(32)30-12-10-29(11-13-30)22-8-5-4-6-9-22/h3-6,8-9,14-16H,1,7,10-13,18H2,2H3/b21-15-. The number of benzene rings is 2. The molecule has 1 aliphatic rings. The van der Waals surface area contributed by atoms with E-state index in [2.05, 4.69) is 50.3 Å². The van der Waals surface area contributed by atoms with E-state index in [-0.39, 0.29) is 18.1 Å². The van der Waals surface area contributed by atoms with Crippen molar-refractivity contribution in [2.75, 3.05) is 44.8 Å². The van der Waals surface area contributed by atoms with E-state index in [1.165, 1.54) is 7.11 Å². The molecular weight excluding hydrogens is 498 g/mol. The molecule has 3 rings (SSSR count). The van der Waals surface area contributed by atoms with Crippen molar-refractivity contribution in [3.05, 3.63) is 76.3 Å². The third kappa shape index (κ3) is 6.27. The second-order valence-electron chi connectivity index (χ2n) is 7.63. The quantitative estimate of drug-likeness (QED) is 0.225. The van der Waals surface area contributed by atoms with Crippen LogP contribution >= 0.6 is 15.9 Å². The molecular formula is C26H26BrN3O4. The molecule has 176 valence electrons. The molecule has 0 saturated carbocycles. The number of carbonyl (C=O) groups excluding carboxylic acids is 2. The monoisotopic (exact) mass is 523 g/mol. The second-order valence-corrected chi connectivity index (χ2v) is 8.49. The van der Waals surface area contributed by atoms with Gasteiger partial charge in [-0.15, -0.1) is 6.58 Å². The Morgan fingerprint density at radius 3 is 2.50 bits per heavy atom. The van der Waals surface area contributed by atoms with E-state index in [0.29, 0.717) is 48.4 Å². The number of amides is 1. The summed E-state index contributed by atoms with van der Waals surface area (Å²) in [6.07, 6.45) is 3.77. The van der Waals surface area contributed by atoms with Gasteiger partial charge >= 0.3 is 5.97 Å². The summed E-state index contributed by atoms with van der Waals surface area (Å²) in [4.78, 5) is 28.5. The van der Waals surface area contributed by atoms with Crippen LogP contribution in [0.5, 0.6) is 5.75 Å². The predicted molar refractivity (Wildman–Crippen MR) is 134 cm³/mol. The highest BCUT2D eigenvalue weighted by Crippen LogP contribution is 2.32. The number of nitriles is 1. The second kappa shape index (κ2) is 12.1. The van der Waals surface area contributed by atoms with Crippen LogP contribution in [-0.2, 0) is 20.7 Å². The number of esters is 1. The summed E-state index contributed by atoms with van der Waals surface area (Å²) in [5.41, 5.74) is 2.62. The molecule has 1 heterocycles. The van der Waals surface area contributed by atoms with Gasteiger partial charge in [-0.3, -0.25) is 4.79 Å². The summed E-state index contributed by atoms with van der Waals surface area (Å²) >= 11 is 3.47. The first kappa shape index (κ1) is 25.1. The number of rotatable bonds is 8. The molecule has 7 nitrogen and oxygen atoms in total. The molecule has 0 bridgehead atoms. The molecule has 1 fully saturated rings. The summed E-state index contributed by atoms with van der Waals surface area (Å²) in [6.45, 7) is 6.02. The van der Waals surface area contributed by atoms with E-state index in [1.54, 1.807) is 23.1 Å². The number of methoxy groups -OCH3 is 1. The van der Waals surface area contributed by atoms with Crippen LogP contribution in [0.3, 0.4) is 0 Å². The molecule has 2 aromatic rings. The number of halogens is 1. The van der Waals surface area contributed by atoms with Crippen molar-refractivity contribution < 1.29 is 19.1 Å². The van der Waals surface area contributed by atoms with Gasteiger partial charge in [0.05, 0.1) is 11.6 Å². The molecule has 0 aromatic heterocycles. The Bertz CT molecular complexity index is 1120. The lowest BCUT2D eigenvalue weighted by atomic mass is 10.0. The van der Waals surface area contributed by atoms with Crippen LogP contribution in [0, 0.1) is 11.3 Å². The topological polar surface area (TPSA) is 82.9 Å². The van der Waals surface area contributed by atoms with Gasteiger partial charge in [0.1, 0.15) is 17.4 Å². The van der Waals surface area contributed by atoms with Crippen molar-refractivity contribution in [1.29, 1.82) is 5.26 Å². The highest BCUT2D eigenvalue weighted by Gasteiger charge is 2.24. The minimum atomic E-state index is -0.495. The van der Waals surface area contributed by atoms with Crippen LogP contribution < -0.4 is 9.64 Å². The smallest absolute Gasteiger partial charge is 0.343 e. The third-order valence-corrected chi connectivity index (χ3v) is 6.01. The molecule has 8 heteroatoms. The van der Waals surface area contributed by atoms with Crippen LogP contribution in [0.15, 0.2) is 65.2 Å². The van der Waals surface area contributed by atoms with E-state index in [9.17, 15) is 14.9 Å². The number of allylic oxidation sites excluding steroid dienone is 1. The van der Waals surface area contributed by atoms with E-state index < -0.39 is 5.97 Å². The Morgan fingerprint density at radius 2 is 1.88 bits per heavy atom. The summed E-state index contributed by atoms with van der Waals surface area (Å²) in [7, 11) is 1.29. The molecule has 0 unspecified atom stereocenters. The van der Waals surface area contributed by atoms with Crippen molar-refractivity contribution in [3.8, 4) is 11.8 Å². The van der Waals surface area contributed by atoms with Gasteiger partial charge in [-0.2, -0.15) is 5.26 Å². The van der Waals surface area contributed by atoms with Gasteiger partial charge in [0.15, 0.2) is 6.61 Å². The molecule has 0 atom stereocenters. The van der Waals surface area contributed by atoms with Gasteiger partial charge < -0.3 is 19.3 Å². The maximum Gasteiger partial charge on any atom is 0.343 e. The summed E-state index contributed by atoms with van der Waals surface area (Å²) in [5.74, 6) is -0.294. The first-order chi connectivity index (χ1) is 16.5. The number of hydrogen-bond donors (Lipinski definition) is 0. The Labute approximate surface area is 208 Å². The van der Waals surface area contributed by atoms with Gasteiger partial charge in [0.2, 0.25) is 0 Å². The highest BCUT2D eigenvalue weighted by atomic mass is 79.9. The van der Waals surface area contributed by atoms with Crippen molar-refractivity contribution in [2.45, 2.75) is 6.42 Å². The molecule has 0 spiro atoms. The fourth-order valence-electron chi connectivity index (χ4n) is 3.70. The van der Waals surface area contributed by atoms with Crippen molar-refractivity contribution in [1.82, 2.24) is 4.90 Å². The predicted octanol–water partition coefficient (Wildman–Crippen LogP) is 3.99. The SMILES string of the molecule is C=CCc1cc(/C=C(/C#N)C(=O)N2CCN(c3ccccc3)CC2)cc(Br)c1OCC(=O)OC. The maximum absolute atomic E-state index is 13.1. The summed E-state index contributed by atoms with van der Waals surface area (Å²) < 4.78 is 10.8. The van der Waals surface area contributed by atoms with Gasteiger partial charge in [-0.1, -0.05) is 24.3 Å². The zero-order valence-corrected chi connectivity index (χ0v) is 20.6. The number of ether oxygens (including phenoxy) is 2. The normalized spacial score (nSPS) is 13.7. The molecule has 34 heavy (non-hydrogen) atoms. The van der Waals surface area contributed by atoms with Crippen LogP contribution in [0.2, 0.25) is 0 Å². The lowest BCUT2D eigenvalue weighted by Crippen LogP contribution is -2.49. The van der Waals surface area contributed by atoms with Crippen LogP contribution in [0.1, 0.15) is 11.1 Å². The first-order valence-electron chi connectivity index (χ1n) is 10.8. The van der Waals surface area contributed by atoms with Crippen molar-refractivity contribution in [3.63, 3.8) is 0 Å². The fourth-order valence-corrected chi connectivity index (χ4v) is 4.33. The van der Waals surface area contributed by atoms with Gasteiger partial charge in [0.25, 0.3) is 5.91 Å². The average Bonchev–Trinajstić information content (AvgIpc) is 2.87. The van der Waals surface area contributed by atoms with E-state index >= 15 is 0 Å². The average molecular weight is 524 g/mol. The third-order valence-electron chi connectivity index (χ3n) is 5.42. The number of anilines is 1. The van der Waals surface area contributed by atoms with E-state index in [4.69, 9.17) is 4.74 Å². The minimum absolute atomic E-state index is 0.0628. The van der Waals surface area contributed by atoms with Crippen LogP contribution in [0.25, 0.3) is 6.08 Å². The molecule has 0 aliphatic carbocycles. The maximum atomic E-state index is 13.1. The molecule has 0 N–H and O–H groups in total. The molecule has 1 saturated heterocycles. The number of para-hydroxylation sites is 1. The first-order valence-corrected chi connectivity index (χ1v) is 11.6. The number of hydrogen-bond acceptors (Lipinski definition) is 6. The lowest BCUT2D eigenvalue weighted by molar-refractivity contribution is -0.143. The lowest BCUT2D eigenvalue weighted by Gasteiger charge is -2.36.